The van der Waals surface area contributed by atoms with E-state index in [-0.39, 0.29) is 23.1 Å². The van der Waals surface area contributed by atoms with E-state index in [1.165, 1.54) is 29.8 Å². The Morgan fingerprint density at radius 1 is 1.14 bits per heavy atom. The molecule has 1 heterocycles. The second-order valence-electron chi connectivity index (χ2n) is 5.03. The molecule has 0 bridgehead atoms. The number of hydrogen-bond acceptors (Lipinski definition) is 3. The Morgan fingerprint density at radius 3 is 2.38 bits per heavy atom. The van der Waals surface area contributed by atoms with Crippen LogP contribution < -0.4 is 16.6 Å². The van der Waals surface area contributed by atoms with Crippen LogP contribution in [0, 0.1) is 5.82 Å². The van der Waals surface area contributed by atoms with Crippen molar-refractivity contribution in [1.29, 1.82) is 0 Å². The van der Waals surface area contributed by atoms with E-state index >= 15 is 0 Å². The molecular formula is C15H18FN3O2. The summed E-state index contributed by atoms with van der Waals surface area (Å²) < 4.78 is 15.4. The predicted octanol–water partition coefficient (Wildman–Crippen LogP) is 1.07. The normalized spacial score (nSPS) is 12.4. The largest absolute Gasteiger partial charge is 0.330 e. The van der Waals surface area contributed by atoms with Crippen molar-refractivity contribution >= 4 is 0 Å². The van der Waals surface area contributed by atoms with E-state index in [0.29, 0.717) is 12.2 Å². The zero-order valence-corrected chi connectivity index (χ0v) is 12.3. The first-order valence-electron chi connectivity index (χ1n) is 6.65. The third kappa shape index (κ3) is 3.28. The monoisotopic (exact) mass is 291 g/mol. The smallest absolute Gasteiger partial charge is 0.305 e. The van der Waals surface area contributed by atoms with Crippen molar-refractivity contribution in [1.82, 2.24) is 14.5 Å². The van der Waals surface area contributed by atoms with Gasteiger partial charge in [0.1, 0.15) is 5.82 Å². The quantitative estimate of drug-likeness (QED) is 0.917. The molecule has 0 unspecified atom stereocenters. The molecule has 6 heteroatoms. The molecule has 5 nitrogen and oxygen atoms in total. The summed E-state index contributed by atoms with van der Waals surface area (Å²) in [7, 11) is 3.07. The van der Waals surface area contributed by atoms with Crippen molar-refractivity contribution in [3.05, 3.63) is 68.2 Å². The molecule has 0 aliphatic heterocycles. The van der Waals surface area contributed by atoms with E-state index in [9.17, 15) is 14.0 Å². The standard InChI is InChI=1S/C15H18FN3O2/c1-10(11-4-6-12(16)7-5-11)17-9-13-8-14(20)19(3)15(21)18(13)2/h4-8,10,17H,9H2,1-3H3/t10-/m0/s1. The van der Waals surface area contributed by atoms with Gasteiger partial charge in [-0.05, 0) is 24.6 Å². The second-order valence-corrected chi connectivity index (χ2v) is 5.03. The molecule has 0 amide bonds. The maximum Gasteiger partial charge on any atom is 0.330 e. The summed E-state index contributed by atoms with van der Waals surface area (Å²) in [4.78, 5) is 23.5. The predicted molar refractivity (Wildman–Crippen MR) is 78.6 cm³/mol. The van der Waals surface area contributed by atoms with E-state index in [1.54, 1.807) is 19.2 Å². The van der Waals surface area contributed by atoms with Gasteiger partial charge in [0.25, 0.3) is 5.56 Å². The maximum atomic E-state index is 12.9. The van der Waals surface area contributed by atoms with Crippen LogP contribution >= 0.6 is 0 Å². The number of aromatic nitrogens is 2. The van der Waals surface area contributed by atoms with Crippen LogP contribution in [0.2, 0.25) is 0 Å². The zero-order chi connectivity index (χ0) is 15.6. The number of hydrogen-bond donors (Lipinski definition) is 1. The molecule has 2 aromatic rings. The lowest BCUT2D eigenvalue weighted by atomic mass is 10.1. The molecule has 0 radical (unpaired) electrons. The van der Waals surface area contributed by atoms with Crippen LogP contribution in [0.5, 0.6) is 0 Å². The fourth-order valence-electron chi connectivity index (χ4n) is 2.07. The Balaban J connectivity index is 2.15. The minimum atomic E-state index is -0.353. The molecule has 0 aliphatic rings. The summed E-state index contributed by atoms with van der Waals surface area (Å²) in [6.07, 6.45) is 0. The Hall–Kier alpha value is -2.21. The Labute approximate surface area is 121 Å². The van der Waals surface area contributed by atoms with Gasteiger partial charge in [0.05, 0.1) is 0 Å². The minimum Gasteiger partial charge on any atom is -0.305 e. The van der Waals surface area contributed by atoms with Crippen LogP contribution in [0.3, 0.4) is 0 Å². The average Bonchev–Trinajstić information content (AvgIpc) is 2.48. The van der Waals surface area contributed by atoms with Gasteiger partial charge in [-0.1, -0.05) is 12.1 Å². The topological polar surface area (TPSA) is 56.0 Å². The lowest BCUT2D eigenvalue weighted by molar-refractivity contribution is 0.538. The van der Waals surface area contributed by atoms with Gasteiger partial charge >= 0.3 is 5.69 Å². The SMILES string of the molecule is C[C@H](NCc1cc(=O)n(C)c(=O)n1C)c1ccc(F)cc1. The molecule has 0 spiro atoms. The van der Waals surface area contributed by atoms with Crippen molar-refractivity contribution in [2.45, 2.75) is 19.5 Å². The van der Waals surface area contributed by atoms with Gasteiger partial charge in [0.2, 0.25) is 0 Å². The van der Waals surface area contributed by atoms with Crippen LogP contribution in [-0.4, -0.2) is 9.13 Å². The second kappa shape index (κ2) is 6.05. The number of rotatable bonds is 4. The summed E-state index contributed by atoms with van der Waals surface area (Å²) in [6, 6.07) is 7.63. The van der Waals surface area contributed by atoms with E-state index in [1.807, 2.05) is 6.92 Å². The maximum absolute atomic E-state index is 12.9. The first-order chi connectivity index (χ1) is 9.90. The Bertz CT molecular complexity index is 747. The molecule has 0 saturated heterocycles. The van der Waals surface area contributed by atoms with Crippen LogP contribution in [0.25, 0.3) is 0 Å². The molecule has 1 aromatic carbocycles. The summed E-state index contributed by atoms with van der Waals surface area (Å²) >= 11 is 0. The van der Waals surface area contributed by atoms with Crippen molar-refractivity contribution in [3.8, 4) is 0 Å². The summed E-state index contributed by atoms with van der Waals surface area (Å²) in [5.41, 5.74) is 0.861. The van der Waals surface area contributed by atoms with Crippen LogP contribution in [0.15, 0.2) is 39.9 Å². The first kappa shape index (κ1) is 15.2. The van der Waals surface area contributed by atoms with Crippen molar-refractivity contribution in [2.75, 3.05) is 0 Å². The molecule has 0 fully saturated rings. The molecule has 1 aromatic heterocycles. The van der Waals surface area contributed by atoms with Gasteiger partial charge in [0.15, 0.2) is 0 Å². The van der Waals surface area contributed by atoms with Crippen molar-refractivity contribution in [2.24, 2.45) is 14.1 Å². The van der Waals surface area contributed by atoms with Gasteiger partial charge in [-0.15, -0.1) is 0 Å². The molecule has 21 heavy (non-hydrogen) atoms. The molecule has 1 atom stereocenters. The molecule has 112 valence electrons. The van der Waals surface area contributed by atoms with E-state index in [2.05, 4.69) is 5.32 Å². The van der Waals surface area contributed by atoms with E-state index in [4.69, 9.17) is 0 Å². The van der Waals surface area contributed by atoms with Crippen LogP contribution in [0.1, 0.15) is 24.2 Å². The number of halogens is 1. The molecular weight excluding hydrogens is 273 g/mol. The molecule has 2 rings (SSSR count). The van der Waals surface area contributed by atoms with E-state index < -0.39 is 0 Å². The number of nitrogens with zero attached hydrogens (tertiary/aromatic N) is 2. The van der Waals surface area contributed by atoms with Gasteiger partial charge < -0.3 is 5.32 Å². The fourth-order valence-corrected chi connectivity index (χ4v) is 2.07. The zero-order valence-electron chi connectivity index (χ0n) is 12.3. The lowest BCUT2D eigenvalue weighted by Gasteiger charge is -2.16. The highest BCUT2D eigenvalue weighted by Gasteiger charge is 2.09. The summed E-state index contributed by atoms with van der Waals surface area (Å²) in [5.74, 6) is -0.278. The average molecular weight is 291 g/mol. The van der Waals surface area contributed by atoms with Crippen LogP contribution in [-0.2, 0) is 20.6 Å². The highest BCUT2D eigenvalue weighted by atomic mass is 19.1. The first-order valence-corrected chi connectivity index (χ1v) is 6.65. The third-order valence-electron chi connectivity index (χ3n) is 3.58. The van der Waals surface area contributed by atoms with E-state index in [0.717, 1.165) is 10.1 Å². The Morgan fingerprint density at radius 2 is 1.76 bits per heavy atom. The van der Waals surface area contributed by atoms with Gasteiger partial charge in [0, 0.05) is 38.4 Å². The van der Waals surface area contributed by atoms with Crippen molar-refractivity contribution < 1.29 is 4.39 Å². The number of nitrogens with one attached hydrogen (secondary N) is 1. The van der Waals surface area contributed by atoms with Crippen molar-refractivity contribution in [3.63, 3.8) is 0 Å². The van der Waals surface area contributed by atoms with Gasteiger partial charge in [-0.2, -0.15) is 0 Å². The molecule has 1 N–H and O–H groups in total. The van der Waals surface area contributed by atoms with Gasteiger partial charge in [-0.3, -0.25) is 13.9 Å². The summed E-state index contributed by atoms with van der Waals surface area (Å²) in [5, 5.41) is 3.22. The highest BCUT2D eigenvalue weighted by Crippen LogP contribution is 2.13. The lowest BCUT2D eigenvalue weighted by Crippen LogP contribution is -2.39. The highest BCUT2D eigenvalue weighted by molar-refractivity contribution is 5.19. The summed E-state index contributed by atoms with van der Waals surface area (Å²) in [6.45, 7) is 2.31. The van der Waals surface area contributed by atoms with Crippen LogP contribution in [0.4, 0.5) is 4.39 Å². The van der Waals surface area contributed by atoms with Gasteiger partial charge in [-0.25, -0.2) is 9.18 Å². The third-order valence-corrected chi connectivity index (χ3v) is 3.58. The number of benzene rings is 1. The molecule has 0 saturated carbocycles. The molecule has 0 aliphatic carbocycles. The fraction of sp³-hybridized carbons (Fsp3) is 0.333. The Kier molecular flexibility index (Phi) is 4.37. The minimum absolute atomic E-state index is 0.0234.